The van der Waals surface area contributed by atoms with Crippen molar-refractivity contribution in [3.05, 3.63) is 52.3 Å². The van der Waals surface area contributed by atoms with Crippen molar-refractivity contribution in [3.63, 3.8) is 0 Å². The van der Waals surface area contributed by atoms with Gasteiger partial charge in [0.1, 0.15) is 0 Å². The van der Waals surface area contributed by atoms with E-state index in [-0.39, 0.29) is 0 Å². The molecular weight excluding hydrogens is 232 g/mol. The third-order valence-electron chi connectivity index (χ3n) is 2.35. The summed E-state index contributed by atoms with van der Waals surface area (Å²) >= 11 is 3.60. The Bertz CT molecular complexity index is 364. The number of benzene rings is 1. The summed E-state index contributed by atoms with van der Waals surface area (Å²) in [7, 11) is 0. The van der Waals surface area contributed by atoms with Gasteiger partial charge in [0.25, 0.3) is 0 Å². The van der Waals surface area contributed by atoms with Crippen LogP contribution in [0.25, 0.3) is 5.57 Å². The summed E-state index contributed by atoms with van der Waals surface area (Å²) in [5, 5.41) is 2.22. The number of hydrogen-bond donors (Lipinski definition) is 0. The van der Waals surface area contributed by atoms with Crippen LogP contribution in [0.5, 0.6) is 0 Å². The molecule has 0 heterocycles. The van der Waals surface area contributed by atoms with Crippen LogP contribution in [0.3, 0.4) is 0 Å². The Hall–Kier alpha value is -0.600. The largest absolute Gasteiger partial charge is 0.137 e. The molecule has 2 heteroatoms. The lowest BCUT2D eigenvalue weighted by Crippen LogP contribution is -1.79. The second-order valence-corrected chi connectivity index (χ2v) is 5.12. The molecule has 1 aromatic carbocycles. The SMILES string of the molecule is CS/C=C(/CC=C(C)c1ccccc1)SC. The van der Waals surface area contributed by atoms with Gasteiger partial charge in [0.15, 0.2) is 0 Å². The molecule has 0 fully saturated rings. The molecule has 0 N–H and O–H groups in total. The van der Waals surface area contributed by atoms with E-state index in [1.807, 2.05) is 11.8 Å². The van der Waals surface area contributed by atoms with Gasteiger partial charge >= 0.3 is 0 Å². The van der Waals surface area contributed by atoms with Crippen LogP contribution in [0.2, 0.25) is 0 Å². The van der Waals surface area contributed by atoms with Crippen LogP contribution in [0.4, 0.5) is 0 Å². The minimum atomic E-state index is 1.03. The first-order valence-electron chi connectivity index (χ1n) is 5.26. The zero-order valence-electron chi connectivity index (χ0n) is 10.1. The second-order valence-electron chi connectivity index (χ2n) is 3.48. The summed E-state index contributed by atoms with van der Waals surface area (Å²) in [5.74, 6) is 0. The summed E-state index contributed by atoms with van der Waals surface area (Å²) < 4.78 is 0. The Morgan fingerprint density at radius 3 is 2.44 bits per heavy atom. The van der Waals surface area contributed by atoms with Crippen LogP contribution in [0.1, 0.15) is 18.9 Å². The maximum absolute atomic E-state index is 2.30. The molecule has 0 radical (unpaired) electrons. The fraction of sp³-hybridized carbons (Fsp3) is 0.286. The molecule has 0 saturated heterocycles. The first-order valence-corrected chi connectivity index (χ1v) is 7.77. The third-order valence-corrected chi connectivity index (χ3v) is 3.83. The van der Waals surface area contributed by atoms with Crippen molar-refractivity contribution in [2.24, 2.45) is 0 Å². The van der Waals surface area contributed by atoms with Gasteiger partial charge in [0.05, 0.1) is 0 Å². The Balaban J connectivity index is 2.68. The minimum absolute atomic E-state index is 1.03. The summed E-state index contributed by atoms with van der Waals surface area (Å²) in [5.41, 5.74) is 2.66. The van der Waals surface area contributed by atoms with E-state index < -0.39 is 0 Å². The van der Waals surface area contributed by atoms with Crippen molar-refractivity contribution >= 4 is 29.1 Å². The molecule has 0 unspecified atom stereocenters. The molecule has 0 atom stereocenters. The second kappa shape index (κ2) is 7.64. The average molecular weight is 250 g/mol. The van der Waals surface area contributed by atoms with Gasteiger partial charge in [-0.15, -0.1) is 23.5 Å². The van der Waals surface area contributed by atoms with Crippen molar-refractivity contribution in [3.8, 4) is 0 Å². The van der Waals surface area contributed by atoms with E-state index in [2.05, 4.69) is 61.3 Å². The predicted molar refractivity (Wildman–Crippen MR) is 79.8 cm³/mol. The molecule has 0 saturated carbocycles. The van der Waals surface area contributed by atoms with Gasteiger partial charge in [0, 0.05) is 0 Å². The molecule has 0 aliphatic carbocycles. The van der Waals surface area contributed by atoms with Gasteiger partial charge in [-0.1, -0.05) is 36.4 Å². The van der Waals surface area contributed by atoms with Gasteiger partial charge in [-0.3, -0.25) is 0 Å². The third kappa shape index (κ3) is 4.50. The van der Waals surface area contributed by atoms with E-state index in [0.717, 1.165) is 6.42 Å². The highest BCUT2D eigenvalue weighted by Gasteiger charge is 1.96. The Morgan fingerprint density at radius 2 is 1.88 bits per heavy atom. The lowest BCUT2D eigenvalue weighted by molar-refractivity contribution is 1.36. The number of allylic oxidation sites excluding steroid dienone is 3. The van der Waals surface area contributed by atoms with Crippen molar-refractivity contribution in [2.75, 3.05) is 12.5 Å². The molecule has 86 valence electrons. The highest BCUT2D eigenvalue weighted by atomic mass is 32.2. The number of thioether (sulfide) groups is 2. The molecular formula is C14H18S2. The van der Waals surface area contributed by atoms with E-state index >= 15 is 0 Å². The van der Waals surface area contributed by atoms with Crippen molar-refractivity contribution in [1.82, 2.24) is 0 Å². The number of hydrogen-bond acceptors (Lipinski definition) is 2. The minimum Gasteiger partial charge on any atom is -0.137 e. The molecule has 0 aromatic heterocycles. The predicted octanol–water partition coefficient (Wildman–Crippen LogP) is 5.05. The summed E-state index contributed by atoms with van der Waals surface area (Å²) in [4.78, 5) is 1.42. The first kappa shape index (κ1) is 13.5. The molecule has 16 heavy (non-hydrogen) atoms. The highest BCUT2D eigenvalue weighted by molar-refractivity contribution is 8.05. The van der Waals surface area contributed by atoms with E-state index in [1.54, 1.807) is 11.8 Å². The van der Waals surface area contributed by atoms with E-state index in [1.165, 1.54) is 16.0 Å². The van der Waals surface area contributed by atoms with Crippen LogP contribution in [0.15, 0.2) is 46.7 Å². The lowest BCUT2D eigenvalue weighted by Gasteiger charge is -2.03. The zero-order chi connectivity index (χ0) is 11.8. The fourth-order valence-corrected chi connectivity index (χ4v) is 2.67. The molecule has 0 nitrogen and oxygen atoms in total. The molecule has 0 aliphatic heterocycles. The van der Waals surface area contributed by atoms with Gasteiger partial charge in [-0.25, -0.2) is 0 Å². The van der Waals surface area contributed by atoms with Gasteiger partial charge in [-0.05, 0) is 47.3 Å². The fourth-order valence-electron chi connectivity index (χ4n) is 1.38. The standard InChI is InChI=1S/C14H18S2/c1-12(13-7-5-4-6-8-13)9-10-14(16-3)11-15-2/h4-9,11H,10H2,1-3H3/b12-9?,14-11-. The summed E-state index contributed by atoms with van der Waals surface area (Å²) in [6.07, 6.45) is 7.56. The van der Waals surface area contributed by atoms with E-state index in [0.29, 0.717) is 0 Å². The van der Waals surface area contributed by atoms with E-state index in [9.17, 15) is 0 Å². The van der Waals surface area contributed by atoms with Crippen LogP contribution in [-0.2, 0) is 0 Å². The van der Waals surface area contributed by atoms with Gasteiger partial charge < -0.3 is 0 Å². The molecule has 0 bridgehead atoms. The smallest absolute Gasteiger partial charge is 0.00263 e. The normalized spacial score (nSPS) is 12.9. The topological polar surface area (TPSA) is 0 Å². The lowest BCUT2D eigenvalue weighted by atomic mass is 10.1. The Morgan fingerprint density at radius 1 is 1.19 bits per heavy atom. The highest BCUT2D eigenvalue weighted by Crippen LogP contribution is 2.22. The van der Waals surface area contributed by atoms with Crippen LogP contribution in [0, 0.1) is 0 Å². The number of rotatable bonds is 5. The first-order chi connectivity index (χ1) is 7.77. The van der Waals surface area contributed by atoms with Crippen LogP contribution < -0.4 is 0 Å². The summed E-state index contributed by atoms with van der Waals surface area (Å²) in [6, 6.07) is 10.5. The van der Waals surface area contributed by atoms with Crippen molar-refractivity contribution in [2.45, 2.75) is 13.3 Å². The van der Waals surface area contributed by atoms with Crippen LogP contribution >= 0.6 is 23.5 Å². The maximum Gasteiger partial charge on any atom is -0.00263 e. The van der Waals surface area contributed by atoms with Crippen molar-refractivity contribution in [1.29, 1.82) is 0 Å². The monoisotopic (exact) mass is 250 g/mol. The summed E-state index contributed by atoms with van der Waals surface area (Å²) in [6.45, 7) is 2.17. The molecule has 0 spiro atoms. The molecule has 1 rings (SSSR count). The van der Waals surface area contributed by atoms with Gasteiger partial charge in [0.2, 0.25) is 0 Å². The van der Waals surface area contributed by atoms with E-state index in [4.69, 9.17) is 0 Å². The van der Waals surface area contributed by atoms with Crippen molar-refractivity contribution < 1.29 is 0 Å². The molecule has 0 amide bonds. The quantitative estimate of drug-likeness (QED) is 0.717. The maximum atomic E-state index is 2.30. The molecule has 1 aromatic rings. The molecule has 0 aliphatic rings. The zero-order valence-corrected chi connectivity index (χ0v) is 11.7. The Labute approximate surface area is 107 Å². The van der Waals surface area contributed by atoms with Gasteiger partial charge in [-0.2, -0.15) is 0 Å². The Kier molecular flexibility index (Phi) is 6.43. The average Bonchev–Trinajstić information content (AvgIpc) is 2.35. The van der Waals surface area contributed by atoms with Crippen LogP contribution in [-0.4, -0.2) is 12.5 Å².